The molecule has 0 atom stereocenters. The first kappa shape index (κ1) is 13.4. The Hall–Kier alpha value is -2.04. The highest BCUT2D eigenvalue weighted by Gasteiger charge is 2.26. The lowest BCUT2D eigenvalue weighted by Crippen LogP contribution is -2.40. The highest BCUT2D eigenvalue weighted by molar-refractivity contribution is 5.92. The van der Waals surface area contributed by atoms with Crippen LogP contribution in [0.25, 0.3) is 0 Å². The van der Waals surface area contributed by atoms with Crippen LogP contribution in [0, 0.1) is 12.8 Å². The van der Waals surface area contributed by atoms with Crippen molar-refractivity contribution in [2.75, 3.05) is 18.4 Å². The predicted octanol–water partition coefficient (Wildman–Crippen LogP) is 2.32. The number of nitrogens with one attached hydrogen (secondary N) is 1. The van der Waals surface area contributed by atoms with Crippen LogP contribution in [0.3, 0.4) is 0 Å². The molecule has 1 saturated heterocycles. The van der Waals surface area contributed by atoms with Gasteiger partial charge in [0.05, 0.1) is 0 Å². The molecular weight excluding hydrogens is 244 g/mol. The highest BCUT2D eigenvalue weighted by atomic mass is 16.4. The summed E-state index contributed by atoms with van der Waals surface area (Å²) < 4.78 is 0. The molecule has 1 aliphatic heterocycles. The van der Waals surface area contributed by atoms with Crippen molar-refractivity contribution in [1.29, 1.82) is 0 Å². The second kappa shape index (κ2) is 5.73. The van der Waals surface area contributed by atoms with Crippen LogP contribution in [0.1, 0.15) is 18.4 Å². The molecule has 2 N–H and O–H groups in total. The first-order chi connectivity index (χ1) is 9.06. The van der Waals surface area contributed by atoms with Gasteiger partial charge in [-0.15, -0.1) is 0 Å². The number of carboxylic acid groups (broad SMARTS) is 1. The summed E-state index contributed by atoms with van der Waals surface area (Å²) >= 11 is 0. The van der Waals surface area contributed by atoms with Gasteiger partial charge in [-0.2, -0.15) is 0 Å². The van der Waals surface area contributed by atoms with Crippen molar-refractivity contribution in [2.45, 2.75) is 19.8 Å². The summed E-state index contributed by atoms with van der Waals surface area (Å²) in [5.74, 6) is -0.120. The molecule has 0 spiro atoms. The summed E-state index contributed by atoms with van der Waals surface area (Å²) in [6.07, 6.45) is 0.269. The van der Waals surface area contributed by atoms with E-state index in [0.717, 1.165) is 11.3 Å². The van der Waals surface area contributed by atoms with Crippen molar-refractivity contribution >= 4 is 17.7 Å². The summed E-state index contributed by atoms with van der Waals surface area (Å²) in [7, 11) is 0. The number of nitrogens with zero attached hydrogens (tertiary/aromatic N) is 1. The minimum absolute atomic E-state index is 0.0195. The molecule has 0 bridgehead atoms. The number of hydrogen-bond acceptors (Lipinski definition) is 2. The molecule has 1 fully saturated rings. The fourth-order valence-electron chi connectivity index (χ4n) is 2.21. The van der Waals surface area contributed by atoms with Gasteiger partial charge >= 0.3 is 6.09 Å². The van der Waals surface area contributed by atoms with Crippen molar-refractivity contribution in [2.24, 2.45) is 5.92 Å². The van der Waals surface area contributed by atoms with Gasteiger partial charge in [-0.05, 0) is 31.9 Å². The molecule has 0 aliphatic carbocycles. The summed E-state index contributed by atoms with van der Waals surface area (Å²) in [5.41, 5.74) is 1.93. The average Bonchev–Trinajstić information content (AvgIpc) is 2.41. The number of likely N-dealkylation sites (tertiary alicyclic amines) is 1. The zero-order valence-corrected chi connectivity index (χ0v) is 10.9. The number of piperidine rings is 1. The van der Waals surface area contributed by atoms with Crippen LogP contribution in [0.15, 0.2) is 24.3 Å². The van der Waals surface area contributed by atoms with E-state index in [1.807, 2.05) is 31.2 Å². The number of aryl methyl sites for hydroxylation is 1. The Morgan fingerprint density at radius 2 is 1.79 bits per heavy atom. The van der Waals surface area contributed by atoms with E-state index >= 15 is 0 Å². The SMILES string of the molecule is Cc1ccc(NC(=O)C2CCN(C(=O)O)CC2)cc1. The number of amides is 2. The second-order valence-corrected chi connectivity index (χ2v) is 4.90. The standard InChI is InChI=1S/C14H18N2O3/c1-10-2-4-12(5-3-10)15-13(17)11-6-8-16(9-7-11)14(18)19/h2-5,11H,6-9H2,1H3,(H,15,17)(H,18,19). The van der Waals surface area contributed by atoms with E-state index in [4.69, 9.17) is 5.11 Å². The van der Waals surface area contributed by atoms with E-state index in [9.17, 15) is 9.59 Å². The summed E-state index contributed by atoms with van der Waals surface area (Å²) in [6.45, 7) is 2.86. The van der Waals surface area contributed by atoms with E-state index in [0.29, 0.717) is 25.9 Å². The van der Waals surface area contributed by atoms with E-state index in [1.54, 1.807) is 0 Å². The molecule has 5 nitrogen and oxygen atoms in total. The Kier molecular flexibility index (Phi) is 4.04. The number of hydrogen-bond donors (Lipinski definition) is 2. The third-order valence-corrected chi connectivity index (χ3v) is 3.46. The second-order valence-electron chi connectivity index (χ2n) is 4.90. The quantitative estimate of drug-likeness (QED) is 0.859. The zero-order valence-electron chi connectivity index (χ0n) is 10.9. The van der Waals surface area contributed by atoms with Gasteiger partial charge in [0, 0.05) is 24.7 Å². The molecule has 0 saturated carbocycles. The van der Waals surface area contributed by atoms with Gasteiger partial charge < -0.3 is 15.3 Å². The Morgan fingerprint density at radius 3 is 2.32 bits per heavy atom. The van der Waals surface area contributed by atoms with Crippen LogP contribution in [0.2, 0.25) is 0 Å². The maximum Gasteiger partial charge on any atom is 0.407 e. The van der Waals surface area contributed by atoms with Gasteiger partial charge in [0.1, 0.15) is 0 Å². The smallest absolute Gasteiger partial charge is 0.407 e. The summed E-state index contributed by atoms with van der Waals surface area (Å²) in [4.78, 5) is 24.2. The third-order valence-electron chi connectivity index (χ3n) is 3.46. The molecule has 102 valence electrons. The van der Waals surface area contributed by atoms with Crippen molar-refractivity contribution in [3.8, 4) is 0 Å². The minimum Gasteiger partial charge on any atom is -0.465 e. The van der Waals surface area contributed by atoms with Crippen LogP contribution in [0.5, 0.6) is 0 Å². The lowest BCUT2D eigenvalue weighted by Gasteiger charge is -2.29. The van der Waals surface area contributed by atoms with Crippen molar-refractivity contribution in [1.82, 2.24) is 4.90 Å². The predicted molar refractivity (Wildman–Crippen MR) is 72.1 cm³/mol. The monoisotopic (exact) mass is 262 g/mol. The first-order valence-corrected chi connectivity index (χ1v) is 6.41. The highest BCUT2D eigenvalue weighted by Crippen LogP contribution is 2.19. The van der Waals surface area contributed by atoms with Crippen molar-refractivity contribution < 1.29 is 14.7 Å². The van der Waals surface area contributed by atoms with Crippen molar-refractivity contribution in [3.05, 3.63) is 29.8 Å². The molecule has 2 rings (SSSR count). The molecule has 0 radical (unpaired) electrons. The van der Waals surface area contributed by atoms with Gasteiger partial charge in [-0.1, -0.05) is 17.7 Å². The first-order valence-electron chi connectivity index (χ1n) is 6.41. The van der Waals surface area contributed by atoms with Gasteiger partial charge in [-0.25, -0.2) is 4.79 Å². The number of benzene rings is 1. The van der Waals surface area contributed by atoms with Crippen LogP contribution >= 0.6 is 0 Å². The minimum atomic E-state index is -0.905. The molecule has 5 heteroatoms. The molecule has 19 heavy (non-hydrogen) atoms. The van der Waals surface area contributed by atoms with Gasteiger partial charge in [-0.3, -0.25) is 4.79 Å². The topological polar surface area (TPSA) is 69.6 Å². The van der Waals surface area contributed by atoms with E-state index < -0.39 is 6.09 Å². The van der Waals surface area contributed by atoms with E-state index in [1.165, 1.54) is 4.90 Å². The fraction of sp³-hybridized carbons (Fsp3) is 0.429. The van der Waals surface area contributed by atoms with E-state index in [-0.39, 0.29) is 11.8 Å². The fourth-order valence-corrected chi connectivity index (χ4v) is 2.21. The summed E-state index contributed by atoms with van der Waals surface area (Å²) in [6, 6.07) is 7.64. The molecule has 1 heterocycles. The molecular formula is C14H18N2O3. The maximum absolute atomic E-state index is 12.1. The lowest BCUT2D eigenvalue weighted by molar-refractivity contribution is -0.121. The molecule has 0 aromatic heterocycles. The Labute approximate surface area is 112 Å². The van der Waals surface area contributed by atoms with E-state index in [2.05, 4.69) is 5.32 Å². The number of carbonyl (C=O) groups excluding carboxylic acids is 1. The normalized spacial score (nSPS) is 16.2. The van der Waals surface area contributed by atoms with Gasteiger partial charge in [0.2, 0.25) is 5.91 Å². The molecule has 1 aromatic carbocycles. The average molecular weight is 262 g/mol. The van der Waals surface area contributed by atoms with Gasteiger partial charge in [0.25, 0.3) is 0 Å². The number of rotatable bonds is 2. The Balaban J connectivity index is 1.88. The number of anilines is 1. The number of carbonyl (C=O) groups is 2. The molecule has 1 aliphatic rings. The molecule has 1 aromatic rings. The summed E-state index contributed by atoms with van der Waals surface area (Å²) in [5, 5.41) is 11.7. The lowest BCUT2D eigenvalue weighted by atomic mass is 9.96. The zero-order chi connectivity index (χ0) is 13.8. The van der Waals surface area contributed by atoms with Crippen LogP contribution in [-0.2, 0) is 4.79 Å². The molecule has 0 unspecified atom stereocenters. The third kappa shape index (κ3) is 3.47. The maximum atomic E-state index is 12.1. The van der Waals surface area contributed by atoms with Crippen molar-refractivity contribution in [3.63, 3.8) is 0 Å². The van der Waals surface area contributed by atoms with Crippen LogP contribution in [0.4, 0.5) is 10.5 Å². The largest absolute Gasteiger partial charge is 0.465 e. The Bertz CT molecular complexity index is 462. The van der Waals surface area contributed by atoms with Crippen LogP contribution < -0.4 is 5.32 Å². The van der Waals surface area contributed by atoms with Gasteiger partial charge in [0.15, 0.2) is 0 Å². The Morgan fingerprint density at radius 1 is 1.21 bits per heavy atom. The molecule has 2 amide bonds. The van der Waals surface area contributed by atoms with Crippen LogP contribution in [-0.4, -0.2) is 35.1 Å².